The Labute approximate surface area is 109 Å². The van der Waals surface area contributed by atoms with Crippen LogP contribution >= 0.6 is 22.7 Å². The van der Waals surface area contributed by atoms with Gasteiger partial charge in [-0.25, -0.2) is 4.98 Å². The first-order chi connectivity index (χ1) is 8.20. The zero-order chi connectivity index (χ0) is 12.3. The molecule has 0 atom stereocenters. The fourth-order valence-corrected chi connectivity index (χ4v) is 3.43. The third-order valence-electron chi connectivity index (χ3n) is 2.33. The Morgan fingerprint density at radius 3 is 2.65 bits per heavy atom. The minimum atomic E-state index is 0.947. The Bertz CT molecular complexity index is 489. The molecule has 17 heavy (non-hydrogen) atoms. The van der Waals surface area contributed by atoms with Gasteiger partial charge in [-0.2, -0.15) is 0 Å². The molecule has 0 amide bonds. The van der Waals surface area contributed by atoms with Crippen LogP contribution in [0, 0.1) is 13.8 Å². The summed E-state index contributed by atoms with van der Waals surface area (Å²) >= 11 is 3.36. The summed E-state index contributed by atoms with van der Waals surface area (Å²) in [4.78, 5) is 5.58. The molecule has 0 spiro atoms. The smallest absolute Gasteiger partial charge is 0.159 e. The summed E-state index contributed by atoms with van der Waals surface area (Å²) in [6.07, 6.45) is 0.947. The van der Waals surface area contributed by atoms with E-state index < -0.39 is 0 Å². The van der Waals surface area contributed by atoms with E-state index in [1.807, 2.05) is 13.8 Å². The number of aromatic nitrogens is 3. The molecule has 0 saturated heterocycles. The summed E-state index contributed by atoms with van der Waals surface area (Å²) in [5.74, 6) is 0. The Kier molecular flexibility index (Phi) is 4.20. The van der Waals surface area contributed by atoms with Crippen molar-refractivity contribution in [3.05, 3.63) is 15.7 Å². The Balaban J connectivity index is 2.10. The normalized spacial score (nSPS) is 11.0. The highest BCUT2D eigenvalue weighted by atomic mass is 32.1. The largest absolute Gasteiger partial charge is 0.317 e. The van der Waals surface area contributed by atoms with Crippen molar-refractivity contribution in [2.24, 2.45) is 0 Å². The van der Waals surface area contributed by atoms with Crippen LogP contribution in [0.25, 0.3) is 9.88 Å². The van der Waals surface area contributed by atoms with Crippen LogP contribution in [-0.2, 0) is 6.42 Å². The monoisotopic (exact) mass is 268 g/mol. The number of nitrogens with one attached hydrogen (secondary N) is 1. The van der Waals surface area contributed by atoms with Crippen molar-refractivity contribution in [3.8, 4) is 9.88 Å². The summed E-state index contributed by atoms with van der Waals surface area (Å²) in [6, 6.07) is 0. The molecular weight excluding hydrogens is 252 g/mol. The third kappa shape index (κ3) is 3.08. The topological polar surface area (TPSA) is 50.7 Å². The highest BCUT2D eigenvalue weighted by Gasteiger charge is 2.12. The average molecular weight is 268 g/mol. The Morgan fingerprint density at radius 1 is 1.18 bits per heavy atom. The molecule has 6 heteroatoms. The van der Waals surface area contributed by atoms with E-state index in [1.165, 1.54) is 0 Å². The average Bonchev–Trinajstić information content (AvgIpc) is 2.86. The second-order valence-electron chi connectivity index (χ2n) is 3.75. The van der Waals surface area contributed by atoms with Crippen LogP contribution in [0.3, 0.4) is 0 Å². The predicted molar refractivity (Wildman–Crippen MR) is 72.7 cm³/mol. The zero-order valence-corrected chi connectivity index (χ0v) is 11.9. The van der Waals surface area contributed by atoms with E-state index in [0.29, 0.717) is 0 Å². The fourth-order valence-electron chi connectivity index (χ4n) is 1.55. The van der Waals surface area contributed by atoms with E-state index in [4.69, 9.17) is 0 Å². The van der Waals surface area contributed by atoms with E-state index in [9.17, 15) is 0 Å². The van der Waals surface area contributed by atoms with Crippen LogP contribution in [0.2, 0.25) is 0 Å². The van der Waals surface area contributed by atoms with Crippen molar-refractivity contribution in [2.75, 3.05) is 13.1 Å². The van der Waals surface area contributed by atoms with Gasteiger partial charge in [-0.05, 0) is 20.4 Å². The maximum Gasteiger partial charge on any atom is 0.159 e. The second kappa shape index (κ2) is 5.66. The van der Waals surface area contributed by atoms with Gasteiger partial charge in [0.05, 0.1) is 15.6 Å². The first-order valence-electron chi connectivity index (χ1n) is 5.68. The summed E-state index contributed by atoms with van der Waals surface area (Å²) in [5, 5.41) is 14.9. The maximum atomic E-state index is 4.42. The minimum Gasteiger partial charge on any atom is -0.317 e. The van der Waals surface area contributed by atoms with Gasteiger partial charge in [0.25, 0.3) is 0 Å². The Morgan fingerprint density at radius 2 is 2.00 bits per heavy atom. The number of rotatable bonds is 5. The third-order valence-corrected chi connectivity index (χ3v) is 4.54. The van der Waals surface area contributed by atoms with Gasteiger partial charge in [-0.1, -0.05) is 18.3 Å². The van der Waals surface area contributed by atoms with Gasteiger partial charge >= 0.3 is 0 Å². The lowest BCUT2D eigenvalue weighted by molar-refractivity contribution is 0.710. The molecule has 2 aromatic heterocycles. The highest BCUT2D eigenvalue weighted by molar-refractivity contribution is 7.21. The number of hydrogen-bond acceptors (Lipinski definition) is 6. The molecule has 0 bridgehead atoms. The summed E-state index contributed by atoms with van der Waals surface area (Å²) < 4.78 is 0. The SMILES string of the molecule is CCNCCc1nnc(-c2sc(C)nc2C)s1. The van der Waals surface area contributed by atoms with Crippen molar-refractivity contribution < 1.29 is 0 Å². The molecule has 0 radical (unpaired) electrons. The quantitative estimate of drug-likeness (QED) is 0.846. The standard InChI is InChI=1S/C11H16N4S2/c1-4-12-6-5-9-14-15-11(17-9)10-7(2)13-8(3)16-10/h12H,4-6H2,1-3H3. The van der Waals surface area contributed by atoms with Crippen LogP contribution in [-0.4, -0.2) is 28.3 Å². The predicted octanol–water partition coefficient (Wildman–Crippen LogP) is 2.43. The molecule has 4 nitrogen and oxygen atoms in total. The lowest BCUT2D eigenvalue weighted by atomic mass is 10.4. The molecule has 0 aliphatic carbocycles. The molecule has 92 valence electrons. The summed E-state index contributed by atoms with van der Waals surface area (Å²) in [6.45, 7) is 8.12. The van der Waals surface area contributed by atoms with E-state index in [1.54, 1.807) is 22.7 Å². The number of hydrogen-bond donors (Lipinski definition) is 1. The van der Waals surface area contributed by atoms with Gasteiger partial charge in [-0.3, -0.25) is 0 Å². The van der Waals surface area contributed by atoms with Gasteiger partial charge in [0.15, 0.2) is 5.01 Å². The lowest BCUT2D eigenvalue weighted by Crippen LogP contribution is -2.15. The van der Waals surface area contributed by atoms with Crippen molar-refractivity contribution >= 4 is 22.7 Å². The van der Waals surface area contributed by atoms with Crippen molar-refractivity contribution in [2.45, 2.75) is 27.2 Å². The van der Waals surface area contributed by atoms with Crippen LogP contribution in [0.15, 0.2) is 0 Å². The van der Waals surface area contributed by atoms with Crippen LogP contribution < -0.4 is 5.32 Å². The number of thiazole rings is 1. The zero-order valence-electron chi connectivity index (χ0n) is 10.3. The van der Waals surface area contributed by atoms with E-state index >= 15 is 0 Å². The molecule has 0 fully saturated rings. The summed E-state index contributed by atoms with van der Waals surface area (Å²) in [7, 11) is 0. The molecular formula is C11H16N4S2. The van der Waals surface area contributed by atoms with Gasteiger partial charge in [-0.15, -0.1) is 21.5 Å². The number of nitrogens with zero attached hydrogens (tertiary/aromatic N) is 3. The first kappa shape index (κ1) is 12.6. The van der Waals surface area contributed by atoms with Crippen molar-refractivity contribution in [3.63, 3.8) is 0 Å². The fraction of sp³-hybridized carbons (Fsp3) is 0.545. The molecule has 0 saturated carbocycles. The molecule has 0 aromatic carbocycles. The van der Waals surface area contributed by atoms with Crippen molar-refractivity contribution in [1.29, 1.82) is 0 Å². The molecule has 2 aromatic rings. The van der Waals surface area contributed by atoms with Crippen LogP contribution in [0.4, 0.5) is 0 Å². The number of likely N-dealkylation sites (N-methyl/N-ethyl adjacent to an activating group) is 1. The van der Waals surface area contributed by atoms with E-state index in [2.05, 4.69) is 27.4 Å². The van der Waals surface area contributed by atoms with Gasteiger partial charge in [0.1, 0.15) is 5.01 Å². The van der Waals surface area contributed by atoms with Crippen molar-refractivity contribution in [1.82, 2.24) is 20.5 Å². The highest BCUT2D eigenvalue weighted by Crippen LogP contribution is 2.31. The molecule has 0 aliphatic heterocycles. The molecule has 0 aliphatic rings. The van der Waals surface area contributed by atoms with Gasteiger partial charge < -0.3 is 5.32 Å². The van der Waals surface area contributed by atoms with Crippen LogP contribution in [0.5, 0.6) is 0 Å². The van der Waals surface area contributed by atoms with Gasteiger partial charge in [0, 0.05) is 13.0 Å². The lowest BCUT2D eigenvalue weighted by Gasteiger charge is -1.95. The first-order valence-corrected chi connectivity index (χ1v) is 7.31. The van der Waals surface area contributed by atoms with Gasteiger partial charge in [0.2, 0.25) is 0 Å². The molecule has 2 heterocycles. The Hall–Kier alpha value is -0.850. The maximum absolute atomic E-state index is 4.42. The molecule has 0 unspecified atom stereocenters. The minimum absolute atomic E-state index is 0.947. The van der Waals surface area contributed by atoms with E-state index in [0.717, 1.165) is 45.1 Å². The summed E-state index contributed by atoms with van der Waals surface area (Å²) in [5.41, 5.74) is 1.06. The van der Waals surface area contributed by atoms with Crippen LogP contribution in [0.1, 0.15) is 22.6 Å². The second-order valence-corrected chi connectivity index (χ2v) is 6.02. The number of aryl methyl sites for hydroxylation is 2. The molecule has 2 rings (SSSR count). The van der Waals surface area contributed by atoms with E-state index in [-0.39, 0.29) is 0 Å². The molecule has 1 N–H and O–H groups in total.